The Bertz CT molecular complexity index is 457. The van der Waals surface area contributed by atoms with Crippen LogP contribution >= 0.6 is 31.9 Å². The lowest BCUT2D eigenvalue weighted by Crippen LogP contribution is -2.23. The van der Waals surface area contributed by atoms with E-state index in [0.717, 1.165) is 33.9 Å². The highest BCUT2D eigenvalue weighted by molar-refractivity contribution is 9.11. The van der Waals surface area contributed by atoms with Crippen LogP contribution in [0.2, 0.25) is 0 Å². The lowest BCUT2D eigenvalue weighted by Gasteiger charge is -2.17. The van der Waals surface area contributed by atoms with Crippen LogP contribution < -0.4 is 5.32 Å². The quantitative estimate of drug-likeness (QED) is 0.774. The SMILES string of the molecule is O=C(Nc1ccc(Br)cc1Br)[C@@H]1CC=CCC1. The Morgan fingerprint density at radius 3 is 2.76 bits per heavy atom. The summed E-state index contributed by atoms with van der Waals surface area (Å²) in [5, 5.41) is 2.97. The summed E-state index contributed by atoms with van der Waals surface area (Å²) in [5.74, 6) is 0.216. The minimum atomic E-state index is 0.107. The third-order valence-electron chi connectivity index (χ3n) is 2.83. The van der Waals surface area contributed by atoms with Gasteiger partial charge in [0.25, 0.3) is 0 Å². The third-order valence-corrected chi connectivity index (χ3v) is 3.98. The Morgan fingerprint density at radius 2 is 2.12 bits per heavy atom. The van der Waals surface area contributed by atoms with Gasteiger partial charge in [-0.15, -0.1) is 0 Å². The van der Waals surface area contributed by atoms with Crippen LogP contribution in [0.15, 0.2) is 39.3 Å². The average molecular weight is 359 g/mol. The first kappa shape index (κ1) is 12.8. The average Bonchev–Trinajstić information content (AvgIpc) is 2.34. The Morgan fingerprint density at radius 1 is 1.29 bits per heavy atom. The predicted octanol–water partition coefficient (Wildman–Crippen LogP) is 4.51. The van der Waals surface area contributed by atoms with E-state index < -0.39 is 0 Å². The van der Waals surface area contributed by atoms with Crippen molar-refractivity contribution >= 4 is 43.5 Å². The molecule has 0 saturated heterocycles. The molecule has 0 spiro atoms. The summed E-state index contributed by atoms with van der Waals surface area (Å²) in [4.78, 5) is 12.0. The molecule has 90 valence electrons. The smallest absolute Gasteiger partial charge is 0.227 e. The number of benzene rings is 1. The van der Waals surface area contributed by atoms with Gasteiger partial charge in [0.05, 0.1) is 5.69 Å². The lowest BCUT2D eigenvalue weighted by molar-refractivity contribution is -0.120. The predicted molar refractivity (Wildman–Crippen MR) is 77.0 cm³/mol. The third kappa shape index (κ3) is 3.42. The molecule has 1 aromatic carbocycles. The molecule has 0 aliphatic heterocycles. The molecule has 1 N–H and O–H groups in total. The van der Waals surface area contributed by atoms with Crippen molar-refractivity contribution < 1.29 is 4.79 Å². The largest absolute Gasteiger partial charge is 0.325 e. The van der Waals surface area contributed by atoms with E-state index in [1.165, 1.54) is 0 Å². The Hall–Kier alpha value is -0.610. The second-order valence-corrected chi connectivity index (χ2v) is 5.86. The molecule has 2 rings (SSSR count). The molecular formula is C13H13Br2NO. The maximum Gasteiger partial charge on any atom is 0.227 e. The number of carbonyl (C=O) groups is 1. The molecule has 1 aliphatic carbocycles. The van der Waals surface area contributed by atoms with Crippen molar-refractivity contribution in [3.8, 4) is 0 Å². The van der Waals surface area contributed by atoms with E-state index in [4.69, 9.17) is 0 Å². The van der Waals surface area contributed by atoms with Crippen LogP contribution in [0.1, 0.15) is 19.3 Å². The number of rotatable bonds is 2. The molecule has 0 radical (unpaired) electrons. The fourth-order valence-corrected chi connectivity index (χ4v) is 3.00. The van der Waals surface area contributed by atoms with Gasteiger partial charge in [-0.1, -0.05) is 28.1 Å². The van der Waals surface area contributed by atoms with Gasteiger partial charge in [-0.2, -0.15) is 0 Å². The number of anilines is 1. The molecule has 0 bridgehead atoms. The highest BCUT2D eigenvalue weighted by Crippen LogP contribution is 2.27. The Labute approximate surface area is 118 Å². The van der Waals surface area contributed by atoms with E-state index in [9.17, 15) is 4.79 Å². The van der Waals surface area contributed by atoms with E-state index in [-0.39, 0.29) is 11.8 Å². The second-order valence-electron chi connectivity index (χ2n) is 4.09. The number of carbonyl (C=O) groups excluding carboxylic acids is 1. The van der Waals surface area contributed by atoms with Gasteiger partial charge in [0, 0.05) is 14.9 Å². The number of allylic oxidation sites excluding steroid dienone is 2. The van der Waals surface area contributed by atoms with Gasteiger partial charge in [0.15, 0.2) is 0 Å². The molecule has 0 aromatic heterocycles. The topological polar surface area (TPSA) is 29.1 Å². The van der Waals surface area contributed by atoms with Crippen molar-refractivity contribution in [1.29, 1.82) is 0 Å². The van der Waals surface area contributed by atoms with Gasteiger partial charge in [0.2, 0.25) is 5.91 Å². The number of nitrogens with one attached hydrogen (secondary N) is 1. The fourth-order valence-electron chi connectivity index (χ4n) is 1.86. The van der Waals surface area contributed by atoms with Crippen LogP contribution in [-0.2, 0) is 4.79 Å². The maximum atomic E-state index is 12.0. The number of amides is 1. The zero-order valence-corrected chi connectivity index (χ0v) is 12.4. The Balaban J connectivity index is 2.05. The summed E-state index contributed by atoms with van der Waals surface area (Å²) in [6, 6.07) is 5.74. The molecular weight excluding hydrogens is 346 g/mol. The zero-order chi connectivity index (χ0) is 12.3. The fraction of sp³-hybridized carbons (Fsp3) is 0.308. The maximum absolute atomic E-state index is 12.0. The standard InChI is InChI=1S/C13H13Br2NO/c14-10-6-7-12(11(15)8-10)16-13(17)9-4-2-1-3-5-9/h1-2,6-9H,3-5H2,(H,16,17)/t9-/m1/s1. The Kier molecular flexibility index (Phi) is 4.40. The van der Waals surface area contributed by atoms with Crippen molar-refractivity contribution in [1.82, 2.24) is 0 Å². The first-order valence-corrected chi connectivity index (χ1v) is 7.16. The van der Waals surface area contributed by atoms with Crippen LogP contribution in [0, 0.1) is 5.92 Å². The number of hydrogen-bond donors (Lipinski definition) is 1. The second kappa shape index (κ2) is 5.83. The summed E-state index contributed by atoms with van der Waals surface area (Å²) in [6.07, 6.45) is 7.01. The van der Waals surface area contributed by atoms with E-state index in [1.54, 1.807) is 0 Å². The summed E-state index contributed by atoms with van der Waals surface area (Å²) < 4.78 is 1.88. The van der Waals surface area contributed by atoms with E-state index in [0.29, 0.717) is 0 Å². The van der Waals surface area contributed by atoms with Gasteiger partial charge >= 0.3 is 0 Å². The molecule has 17 heavy (non-hydrogen) atoms. The van der Waals surface area contributed by atoms with Gasteiger partial charge in [0.1, 0.15) is 0 Å². The van der Waals surface area contributed by atoms with Gasteiger partial charge < -0.3 is 5.32 Å². The molecule has 1 aliphatic rings. The molecule has 1 amide bonds. The summed E-state index contributed by atoms with van der Waals surface area (Å²) in [6.45, 7) is 0. The molecule has 0 heterocycles. The van der Waals surface area contributed by atoms with E-state index >= 15 is 0 Å². The molecule has 0 fully saturated rings. The van der Waals surface area contributed by atoms with Crippen LogP contribution in [0.3, 0.4) is 0 Å². The van der Waals surface area contributed by atoms with Gasteiger partial charge in [-0.25, -0.2) is 0 Å². The molecule has 0 unspecified atom stereocenters. The van der Waals surface area contributed by atoms with Gasteiger partial charge in [-0.05, 0) is 53.4 Å². The van der Waals surface area contributed by atoms with Crippen LogP contribution in [0.4, 0.5) is 5.69 Å². The first-order chi connectivity index (χ1) is 8.16. The summed E-state index contributed by atoms with van der Waals surface area (Å²) in [5.41, 5.74) is 0.827. The molecule has 1 atom stereocenters. The van der Waals surface area contributed by atoms with Gasteiger partial charge in [-0.3, -0.25) is 4.79 Å². The molecule has 1 aromatic rings. The van der Waals surface area contributed by atoms with E-state index in [2.05, 4.69) is 49.3 Å². The highest BCUT2D eigenvalue weighted by atomic mass is 79.9. The zero-order valence-electron chi connectivity index (χ0n) is 9.25. The van der Waals surface area contributed by atoms with Crippen LogP contribution in [0.5, 0.6) is 0 Å². The van der Waals surface area contributed by atoms with E-state index in [1.807, 2.05) is 18.2 Å². The van der Waals surface area contributed by atoms with Crippen LogP contribution in [0.25, 0.3) is 0 Å². The minimum Gasteiger partial charge on any atom is -0.325 e. The minimum absolute atomic E-state index is 0.107. The van der Waals surface area contributed by atoms with Crippen molar-refractivity contribution in [3.05, 3.63) is 39.3 Å². The monoisotopic (exact) mass is 357 g/mol. The normalized spacial score (nSPS) is 19.1. The van der Waals surface area contributed by atoms with Crippen LogP contribution in [-0.4, -0.2) is 5.91 Å². The number of hydrogen-bond acceptors (Lipinski definition) is 1. The molecule has 0 saturated carbocycles. The summed E-state index contributed by atoms with van der Waals surface area (Å²) >= 11 is 6.83. The number of halogens is 2. The highest BCUT2D eigenvalue weighted by Gasteiger charge is 2.19. The summed E-state index contributed by atoms with van der Waals surface area (Å²) in [7, 11) is 0. The molecule has 2 nitrogen and oxygen atoms in total. The van der Waals surface area contributed by atoms with Crippen molar-refractivity contribution in [3.63, 3.8) is 0 Å². The lowest BCUT2D eigenvalue weighted by atomic mass is 9.93. The first-order valence-electron chi connectivity index (χ1n) is 5.58. The molecule has 4 heteroatoms. The van der Waals surface area contributed by atoms with Crippen molar-refractivity contribution in [2.75, 3.05) is 5.32 Å². The van der Waals surface area contributed by atoms with Crippen molar-refractivity contribution in [2.45, 2.75) is 19.3 Å². The van der Waals surface area contributed by atoms with Crippen molar-refractivity contribution in [2.24, 2.45) is 5.92 Å².